The average Bonchev–Trinajstić information content (AvgIpc) is 0.864. The van der Waals surface area contributed by atoms with Gasteiger partial charge in [-0.05, 0) is 330 Å². The van der Waals surface area contributed by atoms with E-state index in [0.29, 0.717) is 146 Å². The molecule has 8 unspecified atom stereocenters. The number of rotatable bonds is 30. The van der Waals surface area contributed by atoms with Crippen molar-refractivity contribution in [3.05, 3.63) is 126 Å². The van der Waals surface area contributed by atoms with Gasteiger partial charge in [0.05, 0.1) is 0 Å². The molecule has 0 bridgehead atoms. The lowest BCUT2D eigenvalue weighted by Gasteiger charge is -2.33. The van der Waals surface area contributed by atoms with Gasteiger partial charge < -0.3 is 16.2 Å². The van der Waals surface area contributed by atoms with Crippen molar-refractivity contribution in [1.29, 1.82) is 0 Å². The first kappa shape index (κ1) is 129. The highest BCUT2D eigenvalue weighted by Crippen LogP contribution is 2.47. The van der Waals surface area contributed by atoms with Gasteiger partial charge in [-0.15, -0.1) is 0 Å². The molecule has 145 heavy (non-hydrogen) atoms. The molecular formula is C132H223N5O8. The van der Waals surface area contributed by atoms with Gasteiger partial charge in [-0.1, -0.05) is 338 Å². The first-order valence-electron chi connectivity index (χ1n) is 59.1. The molecule has 8 fully saturated rings. The maximum Gasteiger partial charge on any atom is 0.306 e. The molecule has 4 N–H and O–H groups in total. The van der Waals surface area contributed by atoms with Gasteiger partial charge in [0, 0.05) is 118 Å². The summed E-state index contributed by atoms with van der Waals surface area (Å²) in [4.78, 5) is 95.9. The van der Waals surface area contributed by atoms with E-state index in [1.165, 1.54) is 257 Å². The SMILES string of the molecule is CC(C)(C)CC1CCCC(CC(=O)Cc2ccccn2)C1.CC(C)(C)CC1CCCC(CC(=O)Cc2cccnc2)C1.CC(C)(C)CC1CCCC(CC(=O)c2ccccc2)C1.CC(C)(C)CC1CCCC(CC(=O)c2ccncc2)C1.CC(C)(C)C[C@H]1CCC[C@@H](CC(=O)OC(C)(C)C)C1.CC(C)(C)C[C@H]1CCC[C@@H](N)C1.CC(C)(C)C[C@H]1CCC[C@H](CC(N)=O)C1.CCCC(=O)C[C@H]1CCC[C@H](CC(C)(C)C)C1. The number of pyridine rings is 3. The topological polar surface area (TPSA) is 219 Å². The van der Waals surface area contributed by atoms with Gasteiger partial charge in [0.1, 0.15) is 23.0 Å². The molecule has 0 aliphatic heterocycles. The van der Waals surface area contributed by atoms with Crippen LogP contribution >= 0.6 is 0 Å². The minimum atomic E-state index is -0.351. The highest BCUT2D eigenvalue weighted by Gasteiger charge is 2.36. The number of aromatic nitrogens is 3. The molecule has 12 rings (SSSR count). The van der Waals surface area contributed by atoms with Crippen LogP contribution in [-0.4, -0.2) is 67.4 Å². The van der Waals surface area contributed by atoms with Crippen molar-refractivity contribution in [2.45, 2.75) is 533 Å². The van der Waals surface area contributed by atoms with Crippen LogP contribution < -0.4 is 11.5 Å². The van der Waals surface area contributed by atoms with Gasteiger partial charge in [0.15, 0.2) is 11.6 Å². The predicted octanol–water partition coefficient (Wildman–Crippen LogP) is 36.0. The molecule has 8 saturated carbocycles. The Hall–Kier alpha value is -6.08. The van der Waals surface area contributed by atoms with E-state index in [9.17, 15) is 33.6 Å². The monoisotopic (exact) mass is 2010 g/mol. The Bertz CT molecular complexity index is 4060. The smallest absolute Gasteiger partial charge is 0.306 e. The molecule has 16 atom stereocenters. The molecule has 8 aliphatic carbocycles. The Morgan fingerprint density at radius 1 is 0.297 bits per heavy atom. The average molecular weight is 2010 g/mol. The Balaban J connectivity index is 0.000000293. The third kappa shape index (κ3) is 65.0. The summed E-state index contributed by atoms with van der Waals surface area (Å²) in [7, 11) is 0. The van der Waals surface area contributed by atoms with E-state index in [1.54, 1.807) is 31.0 Å². The summed E-state index contributed by atoms with van der Waals surface area (Å²) in [6.07, 6.45) is 68.1. The minimum absolute atomic E-state index is 0.0195. The summed E-state index contributed by atoms with van der Waals surface area (Å²) in [6.45, 7) is 63.6. The quantitative estimate of drug-likeness (QED) is 0.0368. The van der Waals surface area contributed by atoms with Crippen molar-refractivity contribution in [3.8, 4) is 0 Å². The van der Waals surface area contributed by atoms with Gasteiger partial charge >= 0.3 is 5.97 Å². The minimum Gasteiger partial charge on any atom is -0.460 e. The number of carbonyl (C=O) groups excluding carboxylic acids is 7. The van der Waals surface area contributed by atoms with E-state index < -0.39 is 0 Å². The van der Waals surface area contributed by atoms with Crippen molar-refractivity contribution in [2.24, 2.45) is 144 Å². The number of ether oxygens (including phenoxy) is 1. The number of carbonyl (C=O) groups is 7. The Kier molecular flexibility index (Phi) is 57.1. The molecule has 4 aromatic rings. The zero-order chi connectivity index (χ0) is 108. The highest BCUT2D eigenvalue weighted by molar-refractivity contribution is 5.96. The second kappa shape index (κ2) is 64.0. The lowest BCUT2D eigenvalue weighted by molar-refractivity contribution is -0.156. The molecule has 3 aromatic heterocycles. The Morgan fingerprint density at radius 3 is 0.897 bits per heavy atom. The van der Waals surface area contributed by atoms with Crippen LogP contribution in [0.2, 0.25) is 0 Å². The van der Waals surface area contributed by atoms with Crippen molar-refractivity contribution in [3.63, 3.8) is 0 Å². The van der Waals surface area contributed by atoms with E-state index in [0.717, 1.165) is 108 Å². The molecule has 8 aliphatic rings. The molecule has 3 heterocycles. The molecule has 13 heteroatoms. The highest BCUT2D eigenvalue weighted by atomic mass is 16.6. The summed E-state index contributed by atoms with van der Waals surface area (Å²) < 4.78 is 5.44. The molecule has 1 amide bonds. The van der Waals surface area contributed by atoms with Crippen molar-refractivity contribution < 1.29 is 38.3 Å². The third-order valence-corrected chi connectivity index (χ3v) is 31.0. The van der Waals surface area contributed by atoms with Gasteiger partial charge in [0.2, 0.25) is 5.91 Å². The lowest BCUT2D eigenvalue weighted by Crippen LogP contribution is -2.29. The van der Waals surface area contributed by atoms with Crippen LogP contribution in [0.15, 0.2) is 104 Å². The second-order valence-electron chi connectivity index (χ2n) is 58.5. The summed E-state index contributed by atoms with van der Waals surface area (Å²) in [6, 6.07) is 23.6. The summed E-state index contributed by atoms with van der Waals surface area (Å²) in [5, 5.41) is 0. The van der Waals surface area contributed by atoms with Gasteiger partial charge in [-0.25, -0.2) is 0 Å². The van der Waals surface area contributed by atoms with Crippen LogP contribution in [0.25, 0.3) is 0 Å². The number of Topliss-reactive ketones (excluding diaryl/α,β-unsaturated/α-hetero) is 5. The maximum atomic E-state index is 12.3. The second-order valence-corrected chi connectivity index (χ2v) is 58.5. The van der Waals surface area contributed by atoms with Crippen LogP contribution in [0.5, 0.6) is 0 Å². The first-order chi connectivity index (χ1) is 67.5. The fourth-order valence-electron chi connectivity index (χ4n) is 26.6. The fraction of sp³-hybridized carbons (Fsp3) is 0.788. The van der Waals surface area contributed by atoms with Gasteiger partial charge in [-0.2, -0.15) is 0 Å². The number of hydrogen-bond acceptors (Lipinski definition) is 12. The number of ketones is 5. The number of benzene rings is 1. The van der Waals surface area contributed by atoms with Gasteiger partial charge in [0.25, 0.3) is 0 Å². The summed E-state index contributed by atoms with van der Waals surface area (Å²) in [5.41, 5.74) is 17.9. The molecule has 824 valence electrons. The van der Waals surface area contributed by atoms with E-state index >= 15 is 0 Å². The largest absolute Gasteiger partial charge is 0.460 e. The van der Waals surface area contributed by atoms with Crippen LogP contribution in [0.1, 0.15) is 540 Å². The molecule has 13 nitrogen and oxygen atoms in total. The van der Waals surface area contributed by atoms with Crippen LogP contribution in [-0.2, 0) is 41.6 Å². The maximum absolute atomic E-state index is 12.3. The standard InChI is InChI=1S/2C19H29NO.C19H28O.C18H27NO.C17H32O2.C16H30O.C13H25NO.C11H23N/c1-19(2,3)13-16-7-4-6-15(10-16)11-18(21)12-17-8-5-9-20-14-17;1-19(2,3)14-16-8-6-7-15(11-16)12-18(21)13-17-9-4-5-10-20-17;1-19(2,3)14-16-9-7-8-15(12-16)13-18(20)17-10-5-4-6-11-17;1-18(2,3)13-15-6-4-5-14(11-15)12-17(20)16-7-9-19-10-8-16;1-16(2,3)12-14-9-7-8-13(10-14)11-15(18)19-17(4,5)6;1-5-7-15(17)11-13-8-6-9-14(10-13)12-16(2,3)4;1-13(2,3)9-11-6-4-5-10(7-11)8-12(14)15;1-11(2,3)8-9-5-4-6-10(12)7-9/h5,8-9,14-16H,4,6-7,10-13H2,1-3H3;4-5,9-10,15-16H,6-8,11-14H2,1-3H3;4-6,10-11,15-16H,7-9,12-14H2,1-3H3;7-10,14-15H,4-6,11-13H2,1-3H3;13-14H,7-12H2,1-6H3;13-14H,5-12H2,1-4H3;10-11H,4-9H2,1-3H3,(H2,14,15);9-10H,4-8,12H2,1-3H3/t;;;;13-,14+;13-,14-;10-,11-;9-,10+/m....1000/s1. The van der Waals surface area contributed by atoms with Crippen LogP contribution in [0.3, 0.4) is 0 Å². The van der Waals surface area contributed by atoms with E-state index in [1.807, 2.05) is 93.6 Å². The normalized spacial score (nSPS) is 25.0. The first-order valence-corrected chi connectivity index (χ1v) is 59.1. The zero-order valence-corrected chi connectivity index (χ0v) is 98.9. The number of nitrogens with zero attached hydrogens (tertiary/aromatic N) is 3. The molecular weight excluding hydrogens is 1780 g/mol. The third-order valence-electron chi connectivity index (χ3n) is 31.0. The Labute approximate surface area is 891 Å². The summed E-state index contributed by atoms with van der Waals surface area (Å²) in [5.74, 6) is 12.5. The fourth-order valence-corrected chi connectivity index (χ4v) is 26.6. The number of esters is 1. The molecule has 1 aromatic carbocycles. The van der Waals surface area contributed by atoms with Crippen LogP contribution in [0.4, 0.5) is 0 Å². The van der Waals surface area contributed by atoms with E-state index in [2.05, 4.69) is 188 Å². The predicted molar refractivity (Wildman–Crippen MR) is 613 cm³/mol. The van der Waals surface area contributed by atoms with Crippen LogP contribution in [0, 0.1) is 132 Å². The zero-order valence-electron chi connectivity index (χ0n) is 98.9. The number of amides is 1. The molecule has 0 spiro atoms. The number of hydrogen-bond donors (Lipinski definition) is 2. The van der Waals surface area contributed by atoms with E-state index in [-0.39, 0.29) is 23.3 Å². The van der Waals surface area contributed by atoms with E-state index in [4.69, 9.17) is 16.2 Å². The number of nitrogens with two attached hydrogens (primary N) is 2. The van der Waals surface area contributed by atoms with Gasteiger partial charge in [-0.3, -0.25) is 48.5 Å². The van der Waals surface area contributed by atoms with Crippen molar-refractivity contribution in [2.75, 3.05) is 0 Å². The van der Waals surface area contributed by atoms with Crippen molar-refractivity contribution >= 4 is 40.8 Å². The lowest BCUT2D eigenvalue weighted by atomic mass is 9.72. The van der Waals surface area contributed by atoms with Crippen molar-refractivity contribution in [1.82, 2.24) is 15.0 Å². The molecule has 0 saturated heterocycles. The Morgan fingerprint density at radius 2 is 0.593 bits per heavy atom. The molecule has 0 radical (unpaired) electrons. The summed E-state index contributed by atoms with van der Waals surface area (Å²) >= 11 is 0. The number of primary amides is 1.